The lowest BCUT2D eigenvalue weighted by atomic mass is 10.1. The molecule has 0 radical (unpaired) electrons. The molecular formula is C12H15N3O4. The molecule has 0 fully saturated rings. The van der Waals surface area contributed by atoms with Gasteiger partial charge in [-0.1, -0.05) is 10.3 Å². The van der Waals surface area contributed by atoms with Crippen LogP contribution in [0.15, 0.2) is 28.8 Å². The Morgan fingerprint density at radius 3 is 2.58 bits per heavy atom. The predicted octanol–water partition coefficient (Wildman–Crippen LogP) is 1.38. The first kappa shape index (κ1) is 14.6. The lowest BCUT2D eigenvalue weighted by Crippen LogP contribution is -2.18. The first-order chi connectivity index (χ1) is 9.10. The van der Waals surface area contributed by atoms with Gasteiger partial charge in [-0.3, -0.25) is 4.98 Å². The average molecular weight is 265 g/mol. The van der Waals surface area contributed by atoms with Gasteiger partial charge in [-0.2, -0.15) is 0 Å². The molecule has 7 heteroatoms. The quantitative estimate of drug-likeness (QED) is 0.456. The maximum absolute atomic E-state index is 11.6. The van der Waals surface area contributed by atoms with Gasteiger partial charge in [-0.15, -0.1) is 0 Å². The second-order valence-corrected chi connectivity index (χ2v) is 3.62. The number of carbonyl (C=O) groups is 1. The zero-order chi connectivity index (χ0) is 14.3. The van der Waals surface area contributed by atoms with E-state index < -0.39 is 5.97 Å². The Kier molecular flexibility index (Phi) is 5.46. The largest absolute Gasteiger partial charge is 0.464 e. The van der Waals surface area contributed by atoms with Crippen molar-refractivity contribution in [3.8, 4) is 5.75 Å². The molecule has 1 heterocycles. The van der Waals surface area contributed by atoms with Crippen LogP contribution in [0.3, 0.4) is 0 Å². The van der Waals surface area contributed by atoms with Gasteiger partial charge >= 0.3 is 5.97 Å². The van der Waals surface area contributed by atoms with E-state index in [9.17, 15) is 4.79 Å². The molecule has 0 atom stereocenters. The summed E-state index contributed by atoms with van der Waals surface area (Å²) < 4.78 is 4.64. The van der Waals surface area contributed by atoms with Crippen LogP contribution in [0.2, 0.25) is 0 Å². The van der Waals surface area contributed by atoms with Crippen molar-refractivity contribution < 1.29 is 19.2 Å². The maximum Gasteiger partial charge on any atom is 0.360 e. The van der Waals surface area contributed by atoms with E-state index in [0.717, 1.165) is 5.71 Å². The second-order valence-electron chi connectivity index (χ2n) is 3.62. The van der Waals surface area contributed by atoms with Gasteiger partial charge in [0.25, 0.3) is 0 Å². The van der Waals surface area contributed by atoms with Crippen molar-refractivity contribution in [2.45, 2.75) is 13.8 Å². The number of pyridine rings is 1. The fraction of sp³-hybridized carbons (Fsp3) is 0.333. The number of ether oxygens (including phenoxy) is 1. The molecule has 0 aliphatic heterocycles. The lowest BCUT2D eigenvalue weighted by molar-refractivity contribution is -0.132. The molecule has 1 rings (SSSR count). The predicted molar refractivity (Wildman–Crippen MR) is 69.2 cm³/mol. The minimum atomic E-state index is -0.643. The standard InChI is InChI=1S/C12H15N3O4/c1-8(2)14-19-10-7-13-6-5-9(10)11(15-18-4)12(16)17-3/h5-7H,1-4H3/b15-11+. The molecule has 0 aliphatic carbocycles. The Balaban J connectivity index is 3.20. The van der Waals surface area contributed by atoms with Crippen molar-refractivity contribution in [2.24, 2.45) is 10.3 Å². The molecule has 0 aliphatic rings. The molecule has 0 aromatic carbocycles. The van der Waals surface area contributed by atoms with Crippen LogP contribution in [0.5, 0.6) is 5.75 Å². The van der Waals surface area contributed by atoms with Crippen LogP contribution >= 0.6 is 0 Å². The molecule has 102 valence electrons. The number of rotatable bonds is 5. The molecule has 0 saturated heterocycles. The van der Waals surface area contributed by atoms with Gasteiger partial charge in [0.05, 0.1) is 24.6 Å². The monoisotopic (exact) mass is 265 g/mol. The maximum atomic E-state index is 11.6. The van der Waals surface area contributed by atoms with Crippen molar-refractivity contribution in [1.29, 1.82) is 0 Å². The molecule has 0 spiro atoms. The third-order valence-corrected chi connectivity index (χ3v) is 1.93. The van der Waals surface area contributed by atoms with Crippen molar-refractivity contribution in [1.82, 2.24) is 4.98 Å². The molecule has 1 aromatic rings. The normalized spacial score (nSPS) is 10.6. The summed E-state index contributed by atoms with van der Waals surface area (Å²) >= 11 is 0. The first-order valence-corrected chi connectivity index (χ1v) is 5.42. The van der Waals surface area contributed by atoms with E-state index in [1.165, 1.54) is 26.6 Å². The van der Waals surface area contributed by atoms with Crippen molar-refractivity contribution in [3.63, 3.8) is 0 Å². The summed E-state index contributed by atoms with van der Waals surface area (Å²) in [5.41, 5.74) is 1.08. The van der Waals surface area contributed by atoms with Gasteiger partial charge in [0, 0.05) is 6.20 Å². The third kappa shape index (κ3) is 4.06. The summed E-state index contributed by atoms with van der Waals surface area (Å²) in [4.78, 5) is 25.4. The third-order valence-electron chi connectivity index (χ3n) is 1.93. The van der Waals surface area contributed by atoms with Crippen LogP contribution in [-0.2, 0) is 14.4 Å². The summed E-state index contributed by atoms with van der Waals surface area (Å²) in [5.74, 6) is -0.361. The first-order valence-electron chi connectivity index (χ1n) is 5.42. The SMILES string of the molecule is CO/N=C(/C(=O)OC)c1ccncc1ON=C(C)C. The number of aromatic nitrogens is 1. The van der Waals surface area contributed by atoms with Gasteiger partial charge in [-0.05, 0) is 19.9 Å². The lowest BCUT2D eigenvalue weighted by Gasteiger charge is -2.07. The average Bonchev–Trinajstić information content (AvgIpc) is 2.42. The number of methoxy groups -OCH3 is 1. The van der Waals surface area contributed by atoms with Crippen molar-refractivity contribution in [3.05, 3.63) is 24.0 Å². The zero-order valence-electron chi connectivity index (χ0n) is 11.2. The second kappa shape index (κ2) is 7.10. The molecule has 1 aromatic heterocycles. The van der Waals surface area contributed by atoms with Crippen LogP contribution in [0.1, 0.15) is 19.4 Å². The van der Waals surface area contributed by atoms with Crippen molar-refractivity contribution >= 4 is 17.4 Å². The Bertz CT molecular complexity index is 507. The Labute approximate surface area is 110 Å². The summed E-state index contributed by atoms with van der Waals surface area (Å²) in [7, 11) is 2.59. The van der Waals surface area contributed by atoms with Crippen LogP contribution < -0.4 is 4.84 Å². The van der Waals surface area contributed by atoms with Crippen LogP contribution in [0.25, 0.3) is 0 Å². The highest BCUT2D eigenvalue weighted by atomic mass is 16.6. The molecule has 0 amide bonds. The number of carbonyl (C=O) groups excluding carboxylic acids is 1. The summed E-state index contributed by atoms with van der Waals surface area (Å²) in [6.45, 7) is 3.56. The smallest absolute Gasteiger partial charge is 0.360 e. The Morgan fingerprint density at radius 2 is 2.00 bits per heavy atom. The summed E-state index contributed by atoms with van der Waals surface area (Å²) in [5, 5.41) is 7.45. The van der Waals surface area contributed by atoms with Crippen LogP contribution in [-0.4, -0.2) is 36.6 Å². The molecule has 0 unspecified atom stereocenters. The van der Waals surface area contributed by atoms with Gasteiger partial charge < -0.3 is 14.4 Å². The van der Waals surface area contributed by atoms with E-state index in [0.29, 0.717) is 5.56 Å². The van der Waals surface area contributed by atoms with E-state index in [1.807, 2.05) is 0 Å². The summed E-state index contributed by atoms with van der Waals surface area (Å²) in [6, 6.07) is 1.56. The Morgan fingerprint density at radius 1 is 1.26 bits per heavy atom. The van der Waals surface area contributed by atoms with E-state index >= 15 is 0 Å². The topological polar surface area (TPSA) is 82.4 Å². The fourth-order valence-electron chi connectivity index (χ4n) is 1.17. The number of hydrogen-bond donors (Lipinski definition) is 0. The van der Waals surface area contributed by atoms with E-state index in [4.69, 9.17) is 4.84 Å². The highest BCUT2D eigenvalue weighted by molar-refractivity contribution is 6.43. The molecule has 0 N–H and O–H groups in total. The molecule has 19 heavy (non-hydrogen) atoms. The summed E-state index contributed by atoms with van der Waals surface area (Å²) in [6.07, 6.45) is 2.93. The number of oxime groups is 2. The van der Waals surface area contributed by atoms with Gasteiger partial charge in [0.2, 0.25) is 0 Å². The van der Waals surface area contributed by atoms with Crippen LogP contribution in [0, 0.1) is 0 Å². The number of hydrogen-bond acceptors (Lipinski definition) is 7. The Hall–Kier alpha value is -2.44. The van der Waals surface area contributed by atoms with E-state index in [2.05, 4.69) is 24.9 Å². The minimum Gasteiger partial charge on any atom is -0.464 e. The van der Waals surface area contributed by atoms with E-state index in [1.54, 1.807) is 19.9 Å². The zero-order valence-corrected chi connectivity index (χ0v) is 11.2. The number of nitrogens with zero attached hydrogens (tertiary/aromatic N) is 3. The van der Waals surface area contributed by atoms with Gasteiger partial charge in [0.15, 0.2) is 11.5 Å². The fourth-order valence-corrected chi connectivity index (χ4v) is 1.17. The van der Waals surface area contributed by atoms with E-state index in [-0.39, 0.29) is 11.5 Å². The van der Waals surface area contributed by atoms with Gasteiger partial charge in [-0.25, -0.2) is 4.79 Å². The number of esters is 1. The molecule has 0 saturated carbocycles. The van der Waals surface area contributed by atoms with Gasteiger partial charge in [0.1, 0.15) is 7.11 Å². The minimum absolute atomic E-state index is 0.0219. The molecule has 7 nitrogen and oxygen atoms in total. The highest BCUT2D eigenvalue weighted by Crippen LogP contribution is 2.18. The molecular weight excluding hydrogens is 250 g/mol. The van der Waals surface area contributed by atoms with Crippen LogP contribution in [0.4, 0.5) is 0 Å². The van der Waals surface area contributed by atoms with Crippen molar-refractivity contribution in [2.75, 3.05) is 14.2 Å². The highest BCUT2D eigenvalue weighted by Gasteiger charge is 2.20. The molecule has 0 bridgehead atoms.